The van der Waals surface area contributed by atoms with Crippen molar-refractivity contribution in [1.29, 1.82) is 0 Å². The predicted octanol–water partition coefficient (Wildman–Crippen LogP) is 3.58. The molecule has 5 nitrogen and oxygen atoms in total. The summed E-state index contributed by atoms with van der Waals surface area (Å²) in [6.07, 6.45) is -2.16. The minimum Gasteiger partial charge on any atom is -0.463 e. The van der Waals surface area contributed by atoms with E-state index >= 15 is 0 Å². The minimum atomic E-state index is -4.47. The number of nitrogens with one attached hydrogen (secondary N) is 1. The number of halogens is 3. The standard InChI is InChI=1S/C18H11F3N2O3/c19-18(20,21)13-7-5-11(6-8-13)17(25)23-22-9-12-10-26-15-4-2-1-3-14(15)16(12)24/h1-10H,(H,23,25)/b22-9+. The maximum absolute atomic E-state index is 12.5. The number of hydrogen-bond acceptors (Lipinski definition) is 4. The molecule has 0 atom stereocenters. The molecule has 26 heavy (non-hydrogen) atoms. The lowest BCUT2D eigenvalue weighted by Crippen LogP contribution is -2.19. The van der Waals surface area contributed by atoms with Crippen LogP contribution >= 0.6 is 0 Å². The van der Waals surface area contributed by atoms with Crippen molar-refractivity contribution in [3.8, 4) is 0 Å². The van der Waals surface area contributed by atoms with Crippen LogP contribution in [0.5, 0.6) is 0 Å². The van der Waals surface area contributed by atoms with Gasteiger partial charge in [-0.15, -0.1) is 0 Å². The van der Waals surface area contributed by atoms with Gasteiger partial charge in [0.05, 0.1) is 22.7 Å². The average molecular weight is 360 g/mol. The molecule has 0 aliphatic heterocycles. The molecule has 0 aliphatic carbocycles. The van der Waals surface area contributed by atoms with Gasteiger partial charge < -0.3 is 4.42 Å². The van der Waals surface area contributed by atoms with E-state index in [0.29, 0.717) is 11.0 Å². The van der Waals surface area contributed by atoms with E-state index in [0.717, 1.165) is 30.5 Å². The third-order valence-corrected chi connectivity index (χ3v) is 3.55. The van der Waals surface area contributed by atoms with Crippen molar-refractivity contribution in [3.63, 3.8) is 0 Å². The molecule has 1 aromatic heterocycles. The zero-order chi connectivity index (χ0) is 18.7. The SMILES string of the molecule is O=C(N/N=C/c1coc2ccccc2c1=O)c1ccc(C(F)(F)F)cc1. The van der Waals surface area contributed by atoms with Crippen LogP contribution in [0.4, 0.5) is 13.2 Å². The molecular formula is C18H11F3N2O3. The van der Waals surface area contributed by atoms with Gasteiger partial charge in [0.2, 0.25) is 5.43 Å². The topological polar surface area (TPSA) is 71.7 Å². The predicted molar refractivity (Wildman–Crippen MR) is 89.0 cm³/mol. The highest BCUT2D eigenvalue weighted by Crippen LogP contribution is 2.29. The van der Waals surface area contributed by atoms with Crippen molar-refractivity contribution >= 4 is 23.1 Å². The molecule has 1 heterocycles. The fraction of sp³-hybridized carbons (Fsp3) is 0.0556. The average Bonchev–Trinajstić information content (AvgIpc) is 2.63. The normalized spacial score (nSPS) is 11.8. The van der Waals surface area contributed by atoms with Crippen LogP contribution in [0.3, 0.4) is 0 Å². The van der Waals surface area contributed by atoms with Crippen LogP contribution in [-0.2, 0) is 6.18 Å². The third kappa shape index (κ3) is 3.64. The van der Waals surface area contributed by atoms with Gasteiger partial charge in [-0.05, 0) is 36.4 Å². The maximum Gasteiger partial charge on any atom is 0.416 e. The molecule has 0 saturated heterocycles. The van der Waals surface area contributed by atoms with Crippen LogP contribution in [0.15, 0.2) is 69.1 Å². The first kappa shape index (κ1) is 17.4. The van der Waals surface area contributed by atoms with Crippen molar-refractivity contribution in [1.82, 2.24) is 5.43 Å². The molecule has 1 amide bonds. The molecule has 3 aromatic rings. The first-order chi connectivity index (χ1) is 12.4. The quantitative estimate of drug-likeness (QED) is 0.573. The summed E-state index contributed by atoms with van der Waals surface area (Å²) in [6, 6.07) is 10.3. The van der Waals surface area contributed by atoms with Crippen molar-refractivity contribution in [2.75, 3.05) is 0 Å². The van der Waals surface area contributed by atoms with Gasteiger partial charge in [0, 0.05) is 5.56 Å². The highest BCUT2D eigenvalue weighted by atomic mass is 19.4. The van der Waals surface area contributed by atoms with E-state index < -0.39 is 17.6 Å². The second-order valence-electron chi connectivity index (χ2n) is 5.29. The minimum absolute atomic E-state index is 0.000644. The fourth-order valence-corrected chi connectivity index (χ4v) is 2.22. The second kappa shape index (κ2) is 6.83. The Bertz CT molecular complexity index is 1040. The Morgan fingerprint density at radius 2 is 1.77 bits per heavy atom. The van der Waals surface area contributed by atoms with Gasteiger partial charge in [-0.25, -0.2) is 5.43 Å². The molecule has 0 spiro atoms. The fourth-order valence-electron chi connectivity index (χ4n) is 2.22. The van der Waals surface area contributed by atoms with Gasteiger partial charge in [0.25, 0.3) is 5.91 Å². The summed E-state index contributed by atoms with van der Waals surface area (Å²) in [5.41, 5.74) is 1.52. The number of para-hydroxylation sites is 1. The molecule has 2 aromatic carbocycles. The molecule has 3 rings (SSSR count). The Morgan fingerprint density at radius 1 is 1.08 bits per heavy atom. The number of hydrogen-bond donors (Lipinski definition) is 1. The summed E-state index contributed by atoms with van der Waals surface area (Å²) in [6.45, 7) is 0. The zero-order valence-corrected chi connectivity index (χ0v) is 13.1. The number of hydrazone groups is 1. The monoisotopic (exact) mass is 360 g/mol. The van der Waals surface area contributed by atoms with Crippen LogP contribution in [0.2, 0.25) is 0 Å². The van der Waals surface area contributed by atoms with Crippen molar-refractivity contribution in [2.24, 2.45) is 5.10 Å². The number of carbonyl (C=O) groups is 1. The van der Waals surface area contributed by atoms with Gasteiger partial charge in [0.1, 0.15) is 11.8 Å². The summed E-state index contributed by atoms with van der Waals surface area (Å²) in [4.78, 5) is 24.1. The lowest BCUT2D eigenvalue weighted by atomic mass is 10.1. The Balaban J connectivity index is 1.73. The van der Waals surface area contributed by atoms with Gasteiger partial charge in [-0.2, -0.15) is 18.3 Å². The van der Waals surface area contributed by atoms with Crippen LogP contribution in [0.1, 0.15) is 21.5 Å². The summed E-state index contributed by atoms with van der Waals surface area (Å²) in [5, 5.41) is 4.02. The summed E-state index contributed by atoms with van der Waals surface area (Å²) < 4.78 is 42.8. The molecule has 1 N–H and O–H groups in total. The Kier molecular flexibility index (Phi) is 4.57. The number of carbonyl (C=O) groups excluding carboxylic acids is 1. The molecule has 0 saturated carbocycles. The van der Waals surface area contributed by atoms with E-state index in [-0.39, 0.29) is 16.6 Å². The highest BCUT2D eigenvalue weighted by Gasteiger charge is 2.30. The number of alkyl halides is 3. The molecule has 0 bridgehead atoms. The molecule has 0 unspecified atom stereocenters. The van der Waals surface area contributed by atoms with E-state index in [9.17, 15) is 22.8 Å². The second-order valence-corrected chi connectivity index (χ2v) is 5.29. The highest BCUT2D eigenvalue weighted by molar-refractivity contribution is 5.95. The molecular weight excluding hydrogens is 349 g/mol. The van der Waals surface area contributed by atoms with Gasteiger partial charge in [-0.3, -0.25) is 9.59 Å². The maximum atomic E-state index is 12.5. The van der Waals surface area contributed by atoms with Crippen LogP contribution in [-0.4, -0.2) is 12.1 Å². The number of rotatable bonds is 3. The van der Waals surface area contributed by atoms with E-state index in [1.807, 2.05) is 0 Å². The van der Waals surface area contributed by atoms with Gasteiger partial charge >= 0.3 is 6.18 Å². The Labute approximate surface area is 144 Å². The van der Waals surface area contributed by atoms with Crippen molar-refractivity contribution in [2.45, 2.75) is 6.18 Å². The van der Waals surface area contributed by atoms with Gasteiger partial charge in [0.15, 0.2) is 0 Å². The first-order valence-corrected chi connectivity index (χ1v) is 7.37. The molecule has 0 fully saturated rings. The van der Waals surface area contributed by atoms with E-state index in [4.69, 9.17) is 4.42 Å². The molecule has 8 heteroatoms. The smallest absolute Gasteiger partial charge is 0.416 e. The third-order valence-electron chi connectivity index (χ3n) is 3.55. The van der Waals surface area contributed by atoms with Crippen LogP contribution in [0, 0.1) is 0 Å². The summed E-state index contributed by atoms with van der Waals surface area (Å²) in [5.74, 6) is -0.708. The number of fused-ring (bicyclic) bond motifs is 1. The van der Waals surface area contributed by atoms with Crippen LogP contribution < -0.4 is 10.9 Å². The first-order valence-electron chi connectivity index (χ1n) is 7.37. The number of benzene rings is 2. The Hall–Kier alpha value is -3.42. The molecule has 132 valence electrons. The van der Waals surface area contributed by atoms with Crippen molar-refractivity contribution < 1.29 is 22.4 Å². The summed E-state index contributed by atoms with van der Waals surface area (Å²) >= 11 is 0. The van der Waals surface area contributed by atoms with E-state index in [1.165, 1.54) is 6.26 Å². The van der Waals surface area contributed by atoms with E-state index in [1.54, 1.807) is 24.3 Å². The van der Waals surface area contributed by atoms with Crippen LogP contribution in [0.25, 0.3) is 11.0 Å². The van der Waals surface area contributed by atoms with E-state index in [2.05, 4.69) is 10.5 Å². The molecule has 0 radical (unpaired) electrons. The molecule has 0 aliphatic rings. The lowest BCUT2D eigenvalue weighted by molar-refractivity contribution is -0.137. The Morgan fingerprint density at radius 3 is 2.46 bits per heavy atom. The lowest BCUT2D eigenvalue weighted by Gasteiger charge is -2.06. The summed E-state index contributed by atoms with van der Waals surface area (Å²) in [7, 11) is 0. The zero-order valence-electron chi connectivity index (χ0n) is 13.1. The number of nitrogens with zero attached hydrogens (tertiary/aromatic N) is 1. The number of amides is 1. The van der Waals surface area contributed by atoms with Gasteiger partial charge in [-0.1, -0.05) is 12.1 Å². The largest absolute Gasteiger partial charge is 0.463 e. The van der Waals surface area contributed by atoms with Crippen molar-refractivity contribution in [3.05, 3.63) is 81.7 Å².